The van der Waals surface area contributed by atoms with Crippen LogP contribution in [0.15, 0.2) is 84.9 Å². The molecule has 29 heavy (non-hydrogen) atoms. The van der Waals surface area contributed by atoms with Crippen LogP contribution in [0.1, 0.15) is 0 Å². The SMILES string of the molecule is COc1ccc(N2C(=O)C(Oc3ccccc3)C2C(=O)[Se]c2ccccc2)cc1. The minimum atomic E-state index is -0.822. The first-order chi connectivity index (χ1) is 14.2. The van der Waals surface area contributed by atoms with E-state index in [1.54, 1.807) is 43.5 Å². The van der Waals surface area contributed by atoms with Gasteiger partial charge in [0.2, 0.25) is 0 Å². The molecule has 146 valence electrons. The number of nitrogens with zero attached hydrogens (tertiary/aromatic N) is 1. The van der Waals surface area contributed by atoms with Crippen molar-refractivity contribution >= 4 is 35.7 Å². The second-order valence-corrected chi connectivity index (χ2v) is 8.70. The van der Waals surface area contributed by atoms with E-state index in [4.69, 9.17) is 9.47 Å². The summed E-state index contributed by atoms with van der Waals surface area (Å²) in [4.78, 5) is 27.6. The van der Waals surface area contributed by atoms with Gasteiger partial charge in [-0.2, -0.15) is 0 Å². The molecule has 1 saturated heterocycles. The maximum atomic E-state index is 13.2. The zero-order valence-electron chi connectivity index (χ0n) is 15.7. The van der Waals surface area contributed by atoms with E-state index >= 15 is 0 Å². The average Bonchev–Trinajstić information content (AvgIpc) is 2.77. The van der Waals surface area contributed by atoms with Crippen LogP contribution in [0.3, 0.4) is 0 Å². The van der Waals surface area contributed by atoms with Gasteiger partial charge >= 0.3 is 175 Å². The molecule has 6 heteroatoms. The van der Waals surface area contributed by atoms with Gasteiger partial charge in [-0.1, -0.05) is 0 Å². The van der Waals surface area contributed by atoms with Crippen molar-refractivity contribution < 1.29 is 19.1 Å². The van der Waals surface area contributed by atoms with Crippen molar-refractivity contribution in [2.24, 2.45) is 0 Å². The molecule has 2 unspecified atom stereocenters. The molecule has 0 saturated carbocycles. The van der Waals surface area contributed by atoms with Gasteiger partial charge < -0.3 is 0 Å². The molecule has 4 rings (SSSR count). The Kier molecular flexibility index (Phi) is 5.65. The number of rotatable bonds is 7. The normalized spacial score (nSPS) is 18.1. The number of carbonyl (C=O) groups is 2. The van der Waals surface area contributed by atoms with Crippen molar-refractivity contribution in [3.63, 3.8) is 0 Å². The fourth-order valence-electron chi connectivity index (χ4n) is 3.15. The van der Waals surface area contributed by atoms with Crippen LogP contribution in [0.2, 0.25) is 0 Å². The van der Waals surface area contributed by atoms with Gasteiger partial charge in [0.15, 0.2) is 0 Å². The van der Waals surface area contributed by atoms with Gasteiger partial charge in [-0.05, 0) is 0 Å². The van der Waals surface area contributed by atoms with E-state index in [-0.39, 0.29) is 10.6 Å². The molecule has 0 N–H and O–H groups in total. The quantitative estimate of drug-likeness (QED) is 0.408. The summed E-state index contributed by atoms with van der Waals surface area (Å²) in [6.45, 7) is 0. The fraction of sp³-hybridized carbons (Fsp3) is 0.130. The zero-order chi connectivity index (χ0) is 20.2. The molecule has 1 aliphatic rings. The number of β-lactam (4-membered cyclic amide) rings is 1. The van der Waals surface area contributed by atoms with Gasteiger partial charge in [-0.3, -0.25) is 0 Å². The molecule has 3 aromatic carbocycles. The van der Waals surface area contributed by atoms with Crippen LogP contribution in [-0.4, -0.2) is 44.8 Å². The standard InChI is InChI=1S/C23H19NO4Se/c1-27-17-14-12-16(13-15-17)24-20(23(26)29-19-10-6-3-7-11-19)21(22(24)25)28-18-8-4-2-5-9-18/h2-15,20-21H,1H3. The summed E-state index contributed by atoms with van der Waals surface area (Å²) < 4.78 is 12.1. The van der Waals surface area contributed by atoms with Crippen LogP contribution >= 0.6 is 0 Å². The predicted octanol–water partition coefficient (Wildman–Crippen LogP) is 2.41. The van der Waals surface area contributed by atoms with E-state index in [9.17, 15) is 9.59 Å². The third kappa shape index (κ3) is 4.04. The molecule has 0 aromatic heterocycles. The molecule has 0 aliphatic carbocycles. The van der Waals surface area contributed by atoms with Crippen LogP contribution in [-0.2, 0) is 9.59 Å². The summed E-state index contributed by atoms with van der Waals surface area (Å²) in [6.07, 6.45) is -0.822. The number of hydrogen-bond donors (Lipinski definition) is 0. The van der Waals surface area contributed by atoms with Crippen LogP contribution in [0, 0.1) is 0 Å². The Bertz CT molecular complexity index is 992. The van der Waals surface area contributed by atoms with Crippen molar-refractivity contribution in [2.75, 3.05) is 12.0 Å². The summed E-state index contributed by atoms with van der Waals surface area (Å²) in [7, 11) is 1.59. The number of hydrogen-bond acceptors (Lipinski definition) is 4. The first kappa shape index (κ1) is 19.2. The van der Waals surface area contributed by atoms with Crippen molar-refractivity contribution in [3.8, 4) is 11.5 Å². The molecule has 1 fully saturated rings. The van der Waals surface area contributed by atoms with E-state index in [1.807, 2.05) is 48.5 Å². The maximum absolute atomic E-state index is 13.2. The van der Waals surface area contributed by atoms with Gasteiger partial charge in [0.25, 0.3) is 0 Å². The summed E-state index contributed by atoms with van der Waals surface area (Å²) in [6, 6.07) is 25.2. The van der Waals surface area contributed by atoms with Crippen LogP contribution in [0.5, 0.6) is 11.5 Å². The van der Waals surface area contributed by atoms with Crippen LogP contribution in [0.4, 0.5) is 5.69 Å². The minimum absolute atomic E-state index is 0.0000455. The number of para-hydroxylation sites is 1. The van der Waals surface area contributed by atoms with Crippen LogP contribution in [0.25, 0.3) is 0 Å². The first-order valence-corrected chi connectivity index (χ1v) is 10.8. The number of methoxy groups -OCH3 is 1. The number of ether oxygens (including phenoxy) is 2. The Morgan fingerprint density at radius 1 is 0.862 bits per heavy atom. The van der Waals surface area contributed by atoms with Crippen molar-refractivity contribution in [3.05, 3.63) is 84.9 Å². The Morgan fingerprint density at radius 3 is 2.10 bits per heavy atom. The molecule has 1 amide bonds. The monoisotopic (exact) mass is 453 g/mol. The van der Waals surface area contributed by atoms with Crippen molar-refractivity contribution in [1.82, 2.24) is 0 Å². The van der Waals surface area contributed by atoms with Gasteiger partial charge in [0.1, 0.15) is 0 Å². The Morgan fingerprint density at radius 2 is 1.48 bits per heavy atom. The van der Waals surface area contributed by atoms with Gasteiger partial charge in [0.05, 0.1) is 0 Å². The molecular weight excluding hydrogens is 433 g/mol. The third-order valence-corrected chi connectivity index (χ3v) is 6.60. The van der Waals surface area contributed by atoms with E-state index in [0.717, 1.165) is 4.46 Å². The molecule has 1 heterocycles. The fourth-order valence-corrected chi connectivity index (χ4v) is 4.98. The molecular formula is C23H19NO4Se. The summed E-state index contributed by atoms with van der Waals surface area (Å²) in [5.74, 6) is 1.04. The van der Waals surface area contributed by atoms with E-state index in [1.165, 1.54) is 4.90 Å². The van der Waals surface area contributed by atoms with Crippen LogP contribution < -0.4 is 18.8 Å². The second kappa shape index (κ2) is 8.51. The molecule has 0 bridgehead atoms. The second-order valence-electron chi connectivity index (χ2n) is 6.44. The average molecular weight is 452 g/mol. The van der Waals surface area contributed by atoms with E-state index in [2.05, 4.69) is 0 Å². The van der Waals surface area contributed by atoms with Crippen molar-refractivity contribution in [2.45, 2.75) is 12.1 Å². The number of amides is 1. The Labute approximate surface area is 175 Å². The van der Waals surface area contributed by atoms with Gasteiger partial charge in [0, 0.05) is 0 Å². The topological polar surface area (TPSA) is 55.8 Å². The number of anilines is 1. The number of carbonyl (C=O) groups excluding carboxylic acids is 2. The zero-order valence-corrected chi connectivity index (χ0v) is 17.4. The van der Waals surface area contributed by atoms with E-state index < -0.39 is 27.1 Å². The molecule has 3 aromatic rings. The van der Waals surface area contributed by atoms with Crippen molar-refractivity contribution in [1.29, 1.82) is 0 Å². The first-order valence-electron chi connectivity index (χ1n) is 9.13. The van der Waals surface area contributed by atoms with Gasteiger partial charge in [-0.25, -0.2) is 0 Å². The third-order valence-electron chi connectivity index (χ3n) is 4.61. The summed E-state index contributed by atoms with van der Waals surface area (Å²) in [5, 5.41) is 0. The predicted molar refractivity (Wildman–Crippen MR) is 112 cm³/mol. The molecule has 5 nitrogen and oxygen atoms in total. The number of benzene rings is 3. The summed E-state index contributed by atoms with van der Waals surface area (Å²) in [5.41, 5.74) is 0.658. The van der Waals surface area contributed by atoms with Gasteiger partial charge in [-0.15, -0.1) is 0 Å². The Balaban J connectivity index is 1.60. The molecule has 0 spiro atoms. The van der Waals surface area contributed by atoms with E-state index in [0.29, 0.717) is 17.2 Å². The summed E-state index contributed by atoms with van der Waals surface area (Å²) >= 11 is -0.421. The molecule has 1 aliphatic heterocycles. The Hall–Kier alpha value is -3.08. The molecule has 2 atom stereocenters. The molecule has 0 radical (unpaired) electrons.